The van der Waals surface area contributed by atoms with E-state index < -0.39 is 16.0 Å². The van der Waals surface area contributed by atoms with E-state index in [0.717, 1.165) is 18.9 Å². The van der Waals surface area contributed by atoms with Crippen LogP contribution >= 0.6 is 31.9 Å². The molecule has 6 nitrogen and oxygen atoms in total. The molecule has 9 heteroatoms. The molecular formula is C24H22Br2N2O4S. The maximum Gasteiger partial charge on any atom is 0.335 e. The van der Waals surface area contributed by atoms with Gasteiger partial charge in [0, 0.05) is 8.95 Å². The van der Waals surface area contributed by atoms with Crippen LogP contribution in [0.3, 0.4) is 0 Å². The zero-order chi connectivity index (χ0) is 24.2. The van der Waals surface area contributed by atoms with Crippen molar-refractivity contribution in [2.24, 2.45) is 5.10 Å². The van der Waals surface area contributed by atoms with Gasteiger partial charge < -0.3 is 5.11 Å². The molecule has 0 aliphatic carbocycles. The first kappa shape index (κ1) is 25.1. The van der Waals surface area contributed by atoms with Crippen molar-refractivity contribution >= 4 is 54.1 Å². The highest BCUT2D eigenvalue weighted by Gasteiger charge is 2.24. The number of hydrogen-bond donors (Lipinski definition) is 1. The Hall–Kier alpha value is -2.49. The van der Waals surface area contributed by atoms with Gasteiger partial charge in [-0.15, -0.1) is 0 Å². The molecule has 0 fully saturated rings. The van der Waals surface area contributed by atoms with Gasteiger partial charge in [0.15, 0.2) is 0 Å². The molecule has 0 aliphatic rings. The molecule has 3 aromatic rings. The highest BCUT2D eigenvalue weighted by molar-refractivity contribution is 9.11. The molecule has 172 valence electrons. The van der Waals surface area contributed by atoms with Gasteiger partial charge in [0.25, 0.3) is 10.0 Å². The van der Waals surface area contributed by atoms with Gasteiger partial charge in [-0.2, -0.15) is 17.9 Å². The number of aryl methyl sites for hydroxylation is 2. The molecule has 0 aromatic heterocycles. The molecule has 3 aromatic carbocycles. The van der Waals surface area contributed by atoms with Crippen molar-refractivity contribution in [3.05, 3.63) is 97.4 Å². The third-order valence-electron chi connectivity index (χ3n) is 5.05. The fraction of sp³-hybridized carbons (Fsp3) is 0.167. The van der Waals surface area contributed by atoms with Gasteiger partial charge in [-0.25, -0.2) is 4.79 Å². The number of carboxylic acid groups (broad SMARTS) is 1. The second-order valence-electron chi connectivity index (χ2n) is 7.43. The van der Waals surface area contributed by atoms with E-state index in [1.807, 2.05) is 18.2 Å². The van der Waals surface area contributed by atoms with Crippen LogP contribution in [0.4, 0.5) is 0 Å². The van der Waals surface area contributed by atoms with Gasteiger partial charge in [0.2, 0.25) is 0 Å². The van der Waals surface area contributed by atoms with Gasteiger partial charge in [-0.3, -0.25) is 0 Å². The molecule has 0 saturated heterocycles. The first-order valence-electron chi connectivity index (χ1n) is 10.00. The molecule has 3 rings (SSSR count). The minimum absolute atomic E-state index is 0.119. The highest BCUT2D eigenvalue weighted by Crippen LogP contribution is 2.24. The fourth-order valence-electron chi connectivity index (χ4n) is 3.29. The Morgan fingerprint density at radius 2 is 1.76 bits per heavy atom. The van der Waals surface area contributed by atoms with E-state index in [2.05, 4.69) is 37.0 Å². The zero-order valence-electron chi connectivity index (χ0n) is 18.0. The molecule has 0 radical (unpaired) electrons. The van der Waals surface area contributed by atoms with Crippen LogP contribution in [0.5, 0.6) is 0 Å². The summed E-state index contributed by atoms with van der Waals surface area (Å²) < 4.78 is 29.8. The van der Waals surface area contributed by atoms with Crippen molar-refractivity contribution in [3.8, 4) is 0 Å². The second-order valence-corrected chi connectivity index (χ2v) is 11.0. The molecule has 0 atom stereocenters. The lowest BCUT2D eigenvalue weighted by atomic mass is 10.1. The third-order valence-corrected chi connectivity index (χ3v) is 8.16. The minimum Gasteiger partial charge on any atom is -0.478 e. The number of nitrogens with zero attached hydrogens (tertiary/aromatic N) is 2. The first-order valence-corrected chi connectivity index (χ1v) is 13.0. The number of sulfonamides is 1. The predicted molar refractivity (Wildman–Crippen MR) is 136 cm³/mol. The summed E-state index contributed by atoms with van der Waals surface area (Å²) in [6, 6.07) is 17.3. The van der Waals surface area contributed by atoms with E-state index >= 15 is 0 Å². The van der Waals surface area contributed by atoms with E-state index in [1.54, 1.807) is 50.2 Å². The summed E-state index contributed by atoms with van der Waals surface area (Å²) in [6.07, 6.45) is 1.86. The SMILES string of the molecule is Cc1cc(C=NN(CCc2cc(Br)ccc2Br)S(=O)(=O)c2ccccc2C)ccc1C(=O)O. The van der Waals surface area contributed by atoms with Crippen molar-refractivity contribution in [2.45, 2.75) is 25.2 Å². The monoisotopic (exact) mass is 592 g/mol. The molecular weight excluding hydrogens is 572 g/mol. The van der Waals surface area contributed by atoms with Crippen molar-refractivity contribution in [3.63, 3.8) is 0 Å². The Morgan fingerprint density at radius 3 is 2.42 bits per heavy atom. The normalized spacial score (nSPS) is 11.6. The third kappa shape index (κ3) is 6.10. The Kier molecular flexibility index (Phi) is 8.10. The summed E-state index contributed by atoms with van der Waals surface area (Å²) in [6.45, 7) is 3.55. The van der Waals surface area contributed by atoms with E-state index in [4.69, 9.17) is 0 Å². The number of benzene rings is 3. The molecule has 0 unspecified atom stereocenters. The summed E-state index contributed by atoms with van der Waals surface area (Å²) in [5, 5.41) is 13.5. The molecule has 0 amide bonds. The smallest absolute Gasteiger partial charge is 0.335 e. The molecule has 0 aliphatic heterocycles. The summed E-state index contributed by atoms with van der Waals surface area (Å²) in [4.78, 5) is 11.5. The number of hydrazone groups is 1. The van der Waals surface area contributed by atoms with Crippen molar-refractivity contribution in [2.75, 3.05) is 6.54 Å². The number of halogens is 2. The quantitative estimate of drug-likeness (QED) is 0.264. The zero-order valence-corrected chi connectivity index (χ0v) is 22.0. The second kappa shape index (κ2) is 10.6. The number of carboxylic acids is 1. The predicted octanol–water partition coefficient (Wildman–Crippen LogP) is 5.79. The summed E-state index contributed by atoms with van der Waals surface area (Å²) in [5.41, 5.74) is 2.93. The van der Waals surface area contributed by atoms with Crippen LogP contribution in [0.15, 0.2) is 79.6 Å². The lowest BCUT2D eigenvalue weighted by Gasteiger charge is -2.20. The molecule has 0 bridgehead atoms. The van der Waals surface area contributed by atoms with Gasteiger partial charge in [-0.1, -0.05) is 56.1 Å². The van der Waals surface area contributed by atoms with Crippen molar-refractivity contribution < 1.29 is 18.3 Å². The minimum atomic E-state index is -3.91. The van der Waals surface area contributed by atoms with Gasteiger partial charge in [-0.05, 0) is 78.9 Å². The number of carbonyl (C=O) groups is 1. The molecule has 0 spiro atoms. The number of aromatic carboxylic acids is 1. The van der Waals surface area contributed by atoms with Gasteiger partial charge in [0.05, 0.1) is 23.2 Å². The molecule has 0 heterocycles. The highest BCUT2D eigenvalue weighted by atomic mass is 79.9. The van der Waals surface area contributed by atoms with Gasteiger partial charge in [0.1, 0.15) is 0 Å². The summed E-state index contributed by atoms with van der Waals surface area (Å²) >= 11 is 6.96. The van der Waals surface area contributed by atoms with Crippen LogP contribution in [0.25, 0.3) is 0 Å². The summed E-state index contributed by atoms with van der Waals surface area (Å²) in [5.74, 6) is -1.01. The maximum atomic E-state index is 13.5. The largest absolute Gasteiger partial charge is 0.478 e. The average molecular weight is 594 g/mol. The molecule has 0 saturated carbocycles. The first-order chi connectivity index (χ1) is 15.6. The number of hydrogen-bond acceptors (Lipinski definition) is 4. The lowest BCUT2D eigenvalue weighted by Crippen LogP contribution is -2.29. The van der Waals surface area contributed by atoms with Crippen molar-refractivity contribution in [1.82, 2.24) is 4.41 Å². The van der Waals surface area contributed by atoms with Crippen LogP contribution < -0.4 is 0 Å². The van der Waals surface area contributed by atoms with E-state index in [0.29, 0.717) is 23.1 Å². The molecule has 1 N–H and O–H groups in total. The number of rotatable bonds is 8. The Bertz CT molecular complexity index is 1320. The average Bonchev–Trinajstić information content (AvgIpc) is 2.75. The van der Waals surface area contributed by atoms with E-state index in [-0.39, 0.29) is 17.0 Å². The van der Waals surface area contributed by atoms with E-state index in [9.17, 15) is 18.3 Å². The van der Waals surface area contributed by atoms with E-state index in [1.165, 1.54) is 12.3 Å². The summed E-state index contributed by atoms with van der Waals surface area (Å²) in [7, 11) is -3.91. The van der Waals surface area contributed by atoms with Crippen LogP contribution in [-0.2, 0) is 16.4 Å². The maximum absolute atomic E-state index is 13.5. The fourth-order valence-corrected chi connectivity index (χ4v) is 5.60. The van der Waals surface area contributed by atoms with Crippen LogP contribution in [0.1, 0.15) is 32.6 Å². The lowest BCUT2D eigenvalue weighted by molar-refractivity contribution is 0.0696. The standard InChI is InChI=1S/C24H22Br2N2O4S/c1-16-5-3-4-6-23(16)33(31,32)28(12-11-19-14-20(25)8-10-22(19)26)27-15-18-7-9-21(24(29)30)17(2)13-18/h3-10,13-15H,11-12H2,1-2H3,(H,29,30). The van der Waals surface area contributed by atoms with Crippen LogP contribution in [0, 0.1) is 13.8 Å². The van der Waals surface area contributed by atoms with Crippen LogP contribution in [-0.4, -0.2) is 36.7 Å². The molecule has 33 heavy (non-hydrogen) atoms. The van der Waals surface area contributed by atoms with Crippen molar-refractivity contribution in [1.29, 1.82) is 0 Å². The topological polar surface area (TPSA) is 87.0 Å². The Labute approximate surface area is 210 Å². The van der Waals surface area contributed by atoms with Crippen LogP contribution in [0.2, 0.25) is 0 Å². The van der Waals surface area contributed by atoms with Gasteiger partial charge >= 0.3 is 5.97 Å². The Balaban J connectivity index is 1.97. The Morgan fingerprint density at radius 1 is 1.03 bits per heavy atom.